The van der Waals surface area contributed by atoms with Gasteiger partial charge in [-0.05, 0) is 60.5 Å². The number of hydrogen-bond acceptors (Lipinski definition) is 6. The van der Waals surface area contributed by atoms with E-state index in [1.54, 1.807) is 24.0 Å². The number of carbonyl (C=O) groups is 2. The molecular formula is C27H39NO6. The normalized spacial score (nSPS) is 45.1. The van der Waals surface area contributed by atoms with Crippen LogP contribution in [0.1, 0.15) is 59.8 Å². The smallest absolute Gasteiger partial charge is 0.410 e. The number of ketones is 1. The van der Waals surface area contributed by atoms with E-state index in [1.165, 1.54) is 0 Å². The molecule has 8 atom stereocenters. The summed E-state index contributed by atoms with van der Waals surface area (Å²) in [5.74, 6) is -0.470. The van der Waals surface area contributed by atoms with Crippen molar-refractivity contribution < 1.29 is 29.6 Å². The summed E-state index contributed by atoms with van der Waals surface area (Å²) >= 11 is 0. The number of likely N-dealkylation sites (tertiary alicyclic amines) is 1. The molecule has 0 aromatic rings. The number of nitrogens with zero attached hydrogens (tertiary/aromatic N) is 1. The van der Waals surface area contributed by atoms with Gasteiger partial charge in [0.05, 0.1) is 12.0 Å². The topological polar surface area (TPSA) is 107 Å². The van der Waals surface area contributed by atoms with Crippen molar-refractivity contribution in [3.8, 4) is 0 Å². The second-order valence-corrected chi connectivity index (χ2v) is 12.0. The maximum Gasteiger partial charge on any atom is 0.410 e. The molecule has 2 unspecified atom stereocenters. The molecular weight excluding hydrogens is 434 g/mol. The molecule has 5 rings (SSSR count). The van der Waals surface area contributed by atoms with Crippen LogP contribution < -0.4 is 0 Å². The minimum Gasteiger partial charge on any atom is -0.438 e. The summed E-state index contributed by atoms with van der Waals surface area (Å²) in [6, 6.07) is 0. The van der Waals surface area contributed by atoms with E-state index in [0.29, 0.717) is 24.6 Å². The number of ether oxygens (including phenoxy) is 1. The van der Waals surface area contributed by atoms with Crippen molar-refractivity contribution in [3.05, 3.63) is 23.3 Å². The lowest BCUT2D eigenvalue weighted by molar-refractivity contribution is -0.191. The number of rotatable bonds is 2. The van der Waals surface area contributed by atoms with E-state index in [-0.39, 0.29) is 28.6 Å². The molecule has 34 heavy (non-hydrogen) atoms. The predicted octanol–water partition coefficient (Wildman–Crippen LogP) is 2.84. The van der Waals surface area contributed by atoms with E-state index in [9.17, 15) is 24.9 Å². The van der Waals surface area contributed by atoms with Gasteiger partial charge in [-0.25, -0.2) is 4.79 Å². The van der Waals surface area contributed by atoms with E-state index in [2.05, 4.69) is 13.8 Å². The van der Waals surface area contributed by atoms with Crippen LogP contribution in [0.15, 0.2) is 23.3 Å². The summed E-state index contributed by atoms with van der Waals surface area (Å²) < 4.78 is 5.96. The SMILES string of the molecule is CC1=CC23C(=O)[C@@H](C=C(CO)[C@@H](O)[C@]2(O)[C@H]1OC(=O)N1CCCCCC1)[C@H]1[C@@H](CC3C)C1(C)C. The standard InChI is InChI=1S/C27H39NO6/c1-15-13-26-16(2)11-19-20(25(19,3)4)18(22(26)31)12-17(14-29)21(30)27(26,33)23(15)34-24(32)28-9-7-5-6-8-10-28/h12-13,16,18-21,23,29-30,33H,5-11,14H2,1-4H3/t16?,18-,19+,20-,21+,23-,26?,27-/m0/s1. The molecule has 2 saturated carbocycles. The van der Waals surface area contributed by atoms with Crippen LogP contribution in [0.25, 0.3) is 0 Å². The molecule has 3 fully saturated rings. The van der Waals surface area contributed by atoms with E-state index in [1.807, 2.05) is 6.92 Å². The average Bonchev–Trinajstić information content (AvgIpc) is 3.40. The highest BCUT2D eigenvalue weighted by Crippen LogP contribution is 2.71. The number of carbonyl (C=O) groups excluding carboxylic acids is 2. The van der Waals surface area contributed by atoms with Crippen molar-refractivity contribution in [2.24, 2.45) is 34.5 Å². The zero-order valence-electron chi connectivity index (χ0n) is 20.8. The van der Waals surface area contributed by atoms with Gasteiger partial charge in [0.25, 0.3) is 0 Å². The number of fused-ring (bicyclic) bond motifs is 3. The Morgan fingerprint density at radius 2 is 1.85 bits per heavy atom. The molecule has 1 heterocycles. The Morgan fingerprint density at radius 1 is 1.21 bits per heavy atom. The lowest BCUT2D eigenvalue weighted by Gasteiger charge is -2.49. The van der Waals surface area contributed by atoms with Crippen LogP contribution in [0.4, 0.5) is 4.79 Å². The molecule has 1 spiro atoms. The van der Waals surface area contributed by atoms with E-state index in [4.69, 9.17) is 4.74 Å². The third-order valence-corrected chi connectivity index (χ3v) is 9.98. The van der Waals surface area contributed by atoms with Crippen LogP contribution in [0.2, 0.25) is 0 Å². The monoisotopic (exact) mass is 473 g/mol. The van der Waals surface area contributed by atoms with Crippen molar-refractivity contribution in [3.63, 3.8) is 0 Å². The van der Waals surface area contributed by atoms with Crippen LogP contribution in [0.3, 0.4) is 0 Å². The van der Waals surface area contributed by atoms with E-state index >= 15 is 0 Å². The first-order chi connectivity index (χ1) is 16.0. The zero-order valence-corrected chi connectivity index (χ0v) is 20.8. The molecule has 188 valence electrons. The second kappa shape index (κ2) is 7.90. The molecule has 7 heteroatoms. The second-order valence-electron chi connectivity index (χ2n) is 12.0. The van der Waals surface area contributed by atoms with Gasteiger partial charge in [-0.2, -0.15) is 0 Å². The van der Waals surface area contributed by atoms with Gasteiger partial charge in [0, 0.05) is 19.0 Å². The lowest BCUT2D eigenvalue weighted by atomic mass is 9.59. The third-order valence-electron chi connectivity index (χ3n) is 9.98. The Bertz CT molecular complexity index is 947. The van der Waals surface area contributed by atoms with Crippen molar-refractivity contribution in [1.29, 1.82) is 0 Å². The van der Waals surface area contributed by atoms with E-state index < -0.39 is 41.8 Å². The molecule has 0 radical (unpaired) electrons. The van der Waals surface area contributed by atoms with Crippen molar-refractivity contribution in [1.82, 2.24) is 4.90 Å². The van der Waals surface area contributed by atoms with Crippen LogP contribution in [0.5, 0.6) is 0 Å². The van der Waals surface area contributed by atoms with Crippen molar-refractivity contribution >= 4 is 11.9 Å². The molecule has 0 aromatic heterocycles. The Morgan fingerprint density at radius 3 is 2.47 bits per heavy atom. The highest BCUT2D eigenvalue weighted by Gasteiger charge is 2.76. The average molecular weight is 474 g/mol. The van der Waals surface area contributed by atoms with Gasteiger partial charge in [0.2, 0.25) is 0 Å². The van der Waals surface area contributed by atoms with Gasteiger partial charge >= 0.3 is 6.09 Å². The first kappa shape index (κ1) is 24.0. The number of aliphatic hydroxyl groups is 3. The first-order valence-electron chi connectivity index (χ1n) is 12.9. The van der Waals surface area contributed by atoms with Crippen LogP contribution in [0, 0.1) is 34.5 Å². The molecule has 4 aliphatic carbocycles. The minimum atomic E-state index is -2.07. The number of amides is 1. The van der Waals surface area contributed by atoms with Gasteiger partial charge < -0.3 is 25.0 Å². The van der Waals surface area contributed by atoms with Crippen molar-refractivity contribution in [2.75, 3.05) is 19.7 Å². The Hall–Kier alpha value is -1.70. The number of aliphatic hydroxyl groups excluding tert-OH is 2. The predicted molar refractivity (Wildman–Crippen MR) is 126 cm³/mol. The van der Waals surface area contributed by atoms with Gasteiger partial charge in [0.1, 0.15) is 6.10 Å². The van der Waals surface area contributed by atoms with Gasteiger partial charge in [-0.3, -0.25) is 4.79 Å². The summed E-state index contributed by atoms with van der Waals surface area (Å²) in [5, 5.41) is 34.2. The third kappa shape index (κ3) is 2.99. The molecule has 2 bridgehead atoms. The highest BCUT2D eigenvalue weighted by molar-refractivity contribution is 5.95. The summed E-state index contributed by atoms with van der Waals surface area (Å²) in [6.07, 6.45) is 4.94. The number of hydrogen-bond donors (Lipinski definition) is 3. The first-order valence-corrected chi connectivity index (χ1v) is 12.9. The van der Waals surface area contributed by atoms with Gasteiger partial charge in [0.15, 0.2) is 17.5 Å². The molecule has 0 aromatic carbocycles. The van der Waals surface area contributed by atoms with Crippen molar-refractivity contribution in [2.45, 2.75) is 77.6 Å². The Labute approximate surface area is 201 Å². The van der Waals surface area contributed by atoms with Crippen LogP contribution >= 0.6 is 0 Å². The maximum absolute atomic E-state index is 14.3. The molecule has 7 nitrogen and oxygen atoms in total. The lowest BCUT2D eigenvalue weighted by Crippen LogP contribution is -2.66. The highest BCUT2D eigenvalue weighted by atomic mass is 16.6. The summed E-state index contributed by atoms with van der Waals surface area (Å²) in [7, 11) is 0. The fourth-order valence-electron chi connectivity index (χ4n) is 8.02. The summed E-state index contributed by atoms with van der Waals surface area (Å²) in [5.41, 5.74) is -2.66. The molecule has 3 N–H and O–H groups in total. The maximum atomic E-state index is 14.3. The van der Waals surface area contributed by atoms with Crippen LogP contribution in [-0.4, -0.2) is 69.6 Å². The number of Topliss-reactive ketones (excluding diaryl/α,β-unsaturated/α-hetero) is 1. The quantitative estimate of drug-likeness (QED) is 0.533. The zero-order chi connectivity index (χ0) is 24.6. The molecule has 5 aliphatic rings. The Kier molecular flexibility index (Phi) is 5.58. The largest absolute Gasteiger partial charge is 0.438 e. The van der Waals surface area contributed by atoms with Gasteiger partial charge in [-0.1, -0.05) is 45.8 Å². The van der Waals surface area contributed by atoms with Crippen LogP contribution in [-0.2, 0) is 9.53 Å². The Balaban J connectivity index is 1.58. The van der Waals surface area contributed by atoms with E-state index in [0.717, 1.165) is 32.1 Å². The van der Waals surface area contributed by atoms with Gasteiger partial charge in [-0.15, -0.1) is 0 Å². The molecule has 1 amide bonds. The fraction of sp³-hybridized carbons (Fsp3) is 0.778. The minimum absolute atomic E-state index is 0.0172. The fourth-order valence-corrected chi connectivity index (χ4v) is 8.02. The summed E-state index contributed by atoms with van der Waals surface area (Å²) in [6.45, 7) is 8.79. The summed E-state index contributed by atoms with van der Waals surface area (Å²) in [4.78, 5) is 29.2. The number of allylic oxidation sites excluding steroid dienone is 1. The molecule has 1 aliphatic heterocycles. The molecule has 1 saturated heterocycles.